The van der Waals surface area contributed by atoms with E-state index in [0.717, 1.165) is 23.1 Å². The Hall–Kier alpha value is -4.02. The van der Waals surface area contributed by atoms with Crippen molar-refractivity contribution < 1.29 is 23.9 Å². The molecule has 4 amide bonds. The summed E-state index contributed by atoms with van der Waals surface area (Å²) in [6, 6.07) is 19.3. The van der Waals surface area contributed by atoms with Crippen LogP contribution in [0.1, 0.15) is 40.9 Å². The highest BCUT2D eigenvalue weighted by atomic mass is 32.1. The Morgan fingerprint density at radius 2 is 1.82 bits per heavy atom. The number of thiophene rings is 1. The molecule has 2 unspecified atom stereocenters. The zero-order valence-corrected chi connectivity index (χ0v) is 22.4. The van der Waals surface area contributed by atoms with Gasteiger partial charge in [0.15, 0.2) is 6.10 Å². The van der Waals surface area contributed by atoms with Gasteiger partial charge < -0.3 is 15.0 Å². The summed E-state index contributed by atoms with van der Waals surface area (Å²) >= 11 is 1.68. The number of hydrazine groups is 1. The van der Waals surface area contributed by atoms with Crippen molar-refractivity contribution in [3.8, 4) is 10.4 Å². The molecule has 3 aromatic rings. The molecule has 1 aromatic heterocycles. The van der Waals surface area contributed by atoms with Crippen LogP contribution in [0.25, 0.3) is 10.4 Å². The lowest BCUT2D eigenvalue weighted by molar-refractivity contribution is -0.129. The molecular weight excluding hydrogens is 504 g/mol. The van der Waals surface area contributed by atoms with Gasteiger partial charge in [-0.05, 0) is 53.6 Å². The number of epoxide rings is 1. The summed E-state index contributed by atoms with van der Waals surface area (Å²) in [4.78, 5) is 48.7. The highest BCUT2D eigenvalue weighted by Gasteiger charge is 2.31. The maximum absolute atomic E-state index is 13.0. The molecule has 2 atom stereocenters. The monoisotopic (exact) mass is 536 g/mol. The van der Waals surface area contributed by atoms with E-state index in [1.807, 2.05) is 42.6 Å². The Morgan fingerprint density at radius 1 is 1.08 bits per heavy atom. The van der Waals surface area contributed by atoms with Crippen LogP contribution >= 0.6 is 11.3 Å². The average Bonchev–Trinajstić information content (AvgIpc) is 3.64. The van der Waals surface area contributed by atoms with Crippen molar-refractivity contribution in [1.29, 1.82) is 0 Å². The lowest BCUT2D eigenvalue weighted by Gasteiger charge is -2.17. The van der Waals surface area contributed by atoms with Crippen molar-refractivity contribution in [2.75, 3.05) is 20.7 Å². The summed E-state index contributed by atoms with van der Waals surface area (Å²) < 4.78 is 4.86. The zero-order valence-electron chi connectivity index (χ0n) is 21.6. The second-order valence-corrected chi connectivity index (χ2v) is 9.83. The van der Waals surface area contributed by atoms with Gasteiger partial charge in [-0.3, -0.25) is 30.0 Å². The van der Waals surface area contributed by atoms with Crippen molar-refractivity contribution in [2.24, 2.45) is 0 Å². The van der Waals surface area contributed by atoms with E-state index in [-0.39, 0.29) is 30.2 Å². The van der Waals surface area contributed by atoms with Gasteiger partial charge in [-0.15, -0.1) is 11.3 Å². The standard InChI is InChI=1S/C25H25N3O4S.C3H7NO/c1-16(18-7-4-8-19(14-18)22-10-5-13-33-22)26-24(30)20-9-3-2-6-17(20)11-12-23(29)27-28-25(31)21-15-32-21;1-4(2)3-5/h2-10,13-14,16,21H,11-12,15H2,1H3,(H,26,30)(H,27,29)(H,28,31);3H,1-2H3. The Balaban J connectivity index is 0.000000732. The molecule has 0 radical (unpaired) electrons. The number of amides is 4. The highest BCUT2D eigenvalue weighted by Crippen LogP contribution is 2.27. The third kappa shape index (κ3) is 8.82. The number of rotatable bonds is 9. The largest absolute Gasteiger partial charge is 0.363 e. The molecule has 1 aliphatic rings. The minimum Gasteiger partial charge on any atom is -0.363 e. The molecule has 2 aromatic carbocycles. The fourth-order valence-corrected chi connectivity index (χ4v) is 4.17. The molecule has 9 nitrogen and oxygen atoms in total. The number of hydrogen-bond acceptors (Lipinski definition) is 6. The third-order valence-electron chi connectivity index (χ3n) is 5.59. The first-order chi connectivity index (χ1) is 18.3. The van der Waals surface area contributed by atoms with Crippen LogP contribution in [0.3, 0.4) is 0 Å². The predicted octanol–water partition coefficient (Wildman–Crippen LogP) is 3.09. The Labute approximate surface area is 226 Å². The van der Waals surface area contributed by atoms with Crippen molar-refractivity contribution in [3.63, 3.8) is 0 Å². The molecule has 0 bridgehead atoms. The van der Waals surface area contributed by atoms with Crippen molar-refractivity contribution in [2.45, 2.75) is 31.9 Å². The number of ether oxygens (including phenoxy) is 1. The zero-order chi connectivity index (χ0) is 27.5. The molecule has 0 spiro atoms. The molecular formula is C28H32N4O5S. The number of carbonyl (C=O) groups is 4. The number of aryl methyl sites for hydroxylation is 1. The summed E-state index contributed by atoms with van der Waals surface area (Å²) in [7, 11) is 3.38. The first kappa shape index (κ1) is 28.5. The SMILES string of the molecule is CC(NC(=O)c1ccccc1CCC(=O)NNC(=O)C1CO1)c1cccc(-c2cccs2)c1.CN(C)C=O. The van der Waals surface area contributed by atoms with Crippen LogP contribution in [0.5, 0.6) is 0 Å². The summed E-state index contributed by atoms with van der Waals surface area (Å²) in [5, 5.41) is 5.11. The van der Waals surface area contributed by atoms with Gasteiger partial charge in [0.1, 0.15) is 0 Å². The van der Waals surface area contributed by atoms with E-state index in [4.69, 9.17) is 4.74 Å². The molecule has 1 aliphatic heterocycles. The first-order valence-corrected chi connectivity index (χ1v) is 13.0. The number of benzene rings is 2. The topological polar surface area (TPSA) is 120 Å². The van der Waals surface area contributed by atoms with E-state index < -0.39 is 6.10 Å². The normalized spacial score (nSPS) is 14.2. The Morgan fingerprint density at radius 3 is 2.47 bits per heavy atom. The van der Waals surface area contributed by atoms with Crippen LogP contribution in [0.4, 0.5) is 0 Å². The van der Waals surface area contributed by atoms with Crippen LogP contribution < -0.4 is 16.2 Å². The highest BCUT2D eigenvalue weighted by molar-refractivity contribution is 7.13. The Kier molecular flexibility index (Phi) is 10.6. The maximum atomic E-state index is 13.0. The van der Waals surface area contributed by atoms with E-state index in [9.17, 15) is 19.2 Å². The van der Waals surface area contributed by atoms with Gasteiger partial charge in [0, 0.05) is 31.0 Å². The number of nitrogens with one attached hydrogen (secondary N) is 3. The van der Waals surface area contributed by atoms with Crippen LogP contribution in [-0.4, -0.2) is 55.8 Å². The van der Waals surface area contributed by atoms with Gasteiger partial charge in [0.2, 0.25) is 12.3 Å². The number of carbonyl (C=O) groups excluding carboxylic acids is 4. The van der Waals surface area contributed by atoms with Crippen LogP contribution in [0.2, 0.25) is 0 Å². The van der Waals surface area contributed by atoms with E-state index >= 15 is 0 Å². The van der Waals surface area contributed by atoms with Crippen molar-refractivity contribution in [3.05, 3.63) is 82.7 Å². The lowest BCUT2D eigenvalue weighted by Crippen LogP contribution is -2.43. The number of nitrogens with zero attached hydrogens (tertiary/aromatic N) is 1. The van der Waals surface area contributed by atoms with Crippen molar-refractivity contribution >= 4 is 35.5 Å². The van der Waals surface area contributed by atoms with Crippen LogP contribution in [0, 0.1) is 0 Å². The second kappa shape index (κ2) is 14.1. The van der Waals surface area contributed by atoms with E-state index in [1.165, 1.54) is 9.78 Å². The average molecular weight is 537 g/mol. The fourth-order valence-electron chi connectivity index (χ4n) is 3.44. The quantitative estimate of drug-likeness (QED) is 0.221. The molecule has 0 aliphatic carbocycles. The molecule has 3 N–H and O–H groups in total. The van der Waals surface area contributed by atoms with E-state index in [2.05, 4.69) is 34.4 Å². The predicted molar refractivity (Wildman–Crippen MR) is 146 cm³/mol. The van der Waals surface area contributed by atoms with E-state index in [1.54, 1.807) is 37.6 Å². The summed E-state index contributed by atoms with van der Waals surface area (Å²) in [6.07, 6.45) is 0.782. The fraction of sp³-hybridized carbons (Fsp3) is 0.286. The second-order valence-electron chi connectivity index (χ2n) is 8.88. The van der Waals surface area contributed by atoms with Crippen LogP contribution in [-0.2, 0) is 25.5 Å². The molecule has 1 saturated heterocycles. The first-order valence-electron chi connectivity index (χ1n) is 12.1. The van der Waals surface area contributed by atoms with Gasteiger partial charge in [-0.25, -0.2) is 0 Å². The van der Waals surface area contributed by atoms with E-state index in [0.29, 0.717) is 18.6 Å². The van der Waals surface area contributed by atoms with Gasteiger partial charge in [-0.1, -0.05) is 42.5 Å². The molecule has 2 heterocycles. The molecule has 10 heteroatoms. The minimum atomic E-state index is -0.470. The summed E-state index contributed by atoms with van der Waals surface area (Å²) in [5.74, 6) is -0.891. The summed E-state index contributed by atoms with van der Waals surface area (Å²) in [5.41, 5.74) is 8.14. The van der Waals surface area contributed by atoms with Gasteiger partial charge in [-0.2, -0.15) is 0 Å². The van der Waals surface area contributed by atoms with Crippen molar-refractivity contribution in [1.82, 2.24) is 21.1 Å². The smallest absolute Gasteiger partial charge is 0.269 e. The van der Waals surface area contributed by atoms with Gasteiger partial charge >= 0.3 is 0 Å². The number of hydrogen-bond donors (Lipinski definition) is 3. The van der Waals surface area contributed by atoms with Crippen LogP contribution in [0.15, 0.2) is 66.0 Å². The Bertz CT molecular complexity index is 1240. The van der Waals surface area contributed by atoms with Gasteiger partial charge in [0.25, 0.3) is 11.8 Å². The summed E-state index contributed by atoms with van der Waals surface area (Å²) in [6.45, 7) is 2.33. The minimum absolute atomic E-state index is 0.133. The van der Waals surface area contributed by atoms with Gasteiger partial charge in [0.05, 0.1) is 12.6 Å². The molecule has 38 heavy (non-hydrogen) atoms. The molecule has 1 fully saturated rings. The third-order valence-corrected chi connectivity index (χ3v) is 6.50. The molecule has 0 saturated carbocycles. The molecule has 200 valence electrons. The lowest BCUT2D eigenvalue weighted by atomic mass is 10.0. The molecule has 4 rings (SSSR count). The maximum Gasteiger partial charge on any atom is 0.269 e.